The third-order valence-corrected chi connectivity index (χ3v) is 2.91. The van der Waals surface area contributed by atoms with Crippen molar-refractivity contribution in [3.05, 3.63) is 35.4 Å². The zero-order chi connectivity index (χ0) is 13.6. The van der Waals surface area contributed by atoms with Crippen molar-refractivity contribution < 1.29 is 9.53 Å². The first-order valence-electron chi connectivity index (χ1n) is 6.62. The van der Waals surface area contributed by atoms with Crippen molar-refractivity contribution in [3.63, 3.8) is 0 Å². The second-order valence-corrected chi connectivity index (χ2v) is 5.84. The molecule has 0 atom stereocenters. The monoisotopic (exact) mass is 248 g/mol. The number of rotatable bonds is 6. The summed E-state index contributed by atoms with van der Waals surface area (Å²) in [5.74, 6) is 0.0616. The van der Waals surface area contributed by atoms with Crippen molar-refractivity contribution in [1.29, 1.82) is 0 Å². The fourth-order valence-corrected chi connectivity index (χ4v) is 1.55. The number of hydrogen-bond acceptors (Lipinski definition) is 2. The van der Waals surface area contributed by atoms with Gasteiger partial charge in [0.2, 0.25) is 0 Å². The van der Waals surface area contributed by atoms with E-state index in [-0.39, 0.29) is 17.8 Å². The van der Waals surface area contributed by atoms with Crippen molar-refractivity contribution in [3.8, 4) is 0 Å². The van der Waals surface area contributed by atoms with Gasteiger partial charge in [0, 0.05) is 12.2 Å². The van der Waals surface area contributed by atoms with E-state index in [4.69, 9.17) is 4.74 Å². The number of ketones is 1. The molecule has 0 amide bonds. The van der Waals surface area contributed by atoms with Crippen molar-refractivity contribution >= 4 is 5.78 Å². The molecule has 0 radical (unpaired) electrons. The van der Waals surface area contributed by atoms with Gasteiger partial charge in [-0.1, -0.05) is 52.0 Å². The number of ether oxygens (including phenoxy) is 1. The highest BCUT2D eigenvalue weighted by Crippen LogP contribution is 2.17. The van der Waals surface area contributed by atoms with Crippen LogP contribution in [0.2, 0.25) is 0 Å². The molecule has 0 aromatic heterocycles. The van der Waals surface area contributed by atoms with Gasteiger partial charge in [-0.3, -0.25) is 4.79 Å². The fraction of sp³-hybridized carbons (Fsp3) is 0.562. The molecule has 0 aliphatic carbocycles. The van der Waals surface area contributed by atoms with E-state index in [2.05, 4.69) is 27.7 Å². The first kappa shape index (κ1) is 14.9. The Morgan fingerprint density at radius 3 is 2.28 bits per heavy atom. The van der Waals surface area contributed by atoms with Crippen LogP contribution in [0.1, 0.15) is 50.0 Å². The summed E-state index contributed by atoms with van der Waals surface area (Å²) in [7, 11) is 0. The molecule has 0 heterocycles. The van der Waals surface area contributed by atoms with Gasteiger partial charge in [-0.25, -0.2) is 0 Å². The zero-order valence-corrected chi connectivity index (χ0v) is 12.0. The Labute approximate surface area is 110 Å². The van der Waals surface area contributed by atoms with Gasteiger partial charge < -0.3 is 4.74 Å². The highest BCUT2D eigenvalue weighted by atomic mass is 16.5. The Hall–Kier alpha value is -1.15. The van der Waals surface area contributed by atoms with Gasteiger partial charge in [-0.2, -0.15) is 0 Å². The summed E-state index contributed by atoms with van der Waals surface area (Å²) < 4.78 is 5.43. The van der Waals surface area contributed by atoms with Gasteiger partial charge >= 0.3 is 0 Å². The molecule has 100 valence electrons. The molecule has 0 aliphatic rings. The van der Waals surface area contributed by atoms with Crippen molar-refractivity contribution in [2.45, 2.75) is 40.5 Å². The van der Waals surface area contributed by atoms with Crippen molar-refractivity contribution in [2.24, 2.45) is 5.41 Å². The second kappa shape index (κ2) is 6.69. The summed E-state index contributed by atoms with van der Waals surface area (Å²) in [6.07, 6.45) is 1.96. The Kier molecular flexibility index (Phi) is 5.54. The lowest BCUT2D eigenvalue weighted by molar-refractivity contribution is 0.0705. The van der Waals surface area contributed by atoms with Gasteiger partial charge in [-0.05, 0) is 23.8 Å². The lowest BCUT2D eigenvalue weighted by atomic mass is 9.93. The summed E-state index contributed by atoms with van der Waals surface area (Å²) in [6, 6.07) is 7.77. The van der Waals surface area contributed by atoms with Crippen LogP contribution in [0.15, 0.2) is 24.3 Å². The molecular formula is C16H24O2. The maximum absolute atomic E-state index is 11.8. The molecule has 0 saturated carbocycles. The smallest absolute Gasteiger partial charge is 0.188 e. The highest BCUT2D eigenvalue weighted by Gasteiger charge is 2.11. The van der Waals surface area contributed by atoms with E-state index in [1.54, 1.807) is 0 Å². The lowest BCUT2D eigenvalue weighted by Gasteiger charge is -2.17. The van der Waals surface area contributed by atoms with Gasteiger partial charge in [0.1, 0.15) is 6.61 Å². The quantitative estimate of drug-likeness (QED) is 0.564. The molecule has 0 fully saturated rings. The minimum absolute atomic E-state index is 0.0616. The predicted molar refractivity (Wildman–Crippen MR) is 75.0 cm³/mol. The Balaban J connectivity index is 2.36. The average Bonchev–Trinajstić information content (AvgIpc) is 2.33. The Bertz CT molecular complexity index is 371. The largest absolute Gasteiger partial charge is 0.373 e. The van der Waals surface area contributed by atoms with Crippen LogP contribution >= 0.6 is 0 Å². The summed E-state index contributed by atoms with van der Waals surface area (Å²) in [5.41, 5.74) is 2.24. The first-order valence-corrected chi connectivity index (χ1v) is 6.62. The number of benzene rings is 1. The first-order chi connectivity index (χ1) is 8.42. The molecule has 0 saturated heterocycles. The van der Waals surface area contributed by atoms with E-state index < -0.39 is 0 Å². The third kappa shape index (κ3) is 5.46. The minimum Gasteiger partial charge on any atom is -0.373 e. The maximum atomic E-state index is 11.8. The van der Waals surface area contributed by atoms with Crippen LogP contribution < -0.4 is 0 Å². The molecule has 1 aromatic rings. The molecule has 0 spiro atoms. The summed E-state index contributed by atoms with van der Waals surface area (Å²) in [4.78, 5) is 11.8. The Morgan fingerprint density at radius 1 is 1.17 bits per heavy atom. The molecule has 0 aliphatic heterocycles. The lowest BCUT2D eigenvalue weighted by Crippen LogP contribution is -2.14. The van der Waals surface area contributed by atoms with Gasteiger partial charge in [0.05, 0.1) is 0 Å². The summed E-state index contributed by atoms with van der Waals surface area (Å²) in [6.45, 7) is 9.43. The molecule has 1 rings (SSSR count). The number of carbonyl (C=O) groups is 1. The van der Waals surface area contributed by atoms with Crippen LogP contribution in [0.25, 0.3) is 0 Å². The molecule has 18 heavy (non-hydrogen) atoms. The number of Topliss-reactive ketones (excluding diaryl/α,β-unsaturated/α-hetero) is 1. The van der Waals surface area contributed by atoms with Crippen LogP contribution in [0.3, 0.4) is 0 Å². The van der Waals surface area contributed by atoms with Crippen LogP contribution in [0, 0.1) is 5.41 Å². The van der Waals surface area contributed by atoms with E-state index in [1.807, 2.05) is 24.3 Å². The maximum Gasteiger partial charge on any atom is 0.188 e. The number of carbonyl (C=O) groups excluding carboxylic acids is 1. The van der Waals surface area contributed by atoms with Gasteiger partial charge in [-0.15, -0.1) is 0 Å². The zero-order valence-electron chi connectivity index (χ0n) is 12.0. The molecule has 0 N–H and O–H groups in total. The SMILES string of the molecule is CCc1ccc(C(=O)COCCC(C)(C)C)cc1. The van der Waals surface area contributed by atoms with Crippen LogP contribution in [-0.4, -0.2) is 19.0 Å². The molecule has 1 aromatic carbocycles. The molecule has 2 nitrogen and oxygen atoms in total. The van der Waals surface area contributed by atoms with E-state index >= 15 is 0 Å². The van der Waals surface area contributed by atoms with E-state index in [0.717, 1.165) is 18.4 Å². The van der Waals surface area contributed by atoms with Crippen molar-refractivity contribution in [1.82, 2.24) is 0 Å². The normalized spacial score (nSPS) is 11.6. The predicted octanol–water partition coefficient (Wildman–Crippen LogP) is 3.88. The second-order valence-electron chi connectivity index (χ2n) is 5.84. The highest BCUT2D eigenvalue weighted by molar-refractivity contribution is 5.97. The summed E-state index contributed by atoms with van der Waals surface area (Å²) in [5, 5.41) is 0. The number of hydrogen-bond donors (Lipinski definition) is 0. The standard InChI is InChI=1S/C16H24O2/c1-5-13-6-8-14(9-7-13)15(17)12-18-11-10-16(2,3)4/h6-9H,5,10-12H2,1-4H3. The number of aryl methyl sites for hydroxylation is 1. The van der Waals surface area contributed by atoms with Crippen molar-refractivity contribution in [2.75, 3.05) is 13.2 Å². The summed E-state index contributed by atoms with van der Waals surface area (Å²) >= 11 is 0. The topological polar surface area (TPSA) is 26.3 Å². The van der Waals surface area contributed by atoms with Gasteiger partial charge in [0.25, 0.3) is 0 Å². The van der Waals surface area contributed by atoms with E-state index in [9.17, 15) is 4.79 Å². The molecule has 2 heteroatoms. The third-order valence-electron chi connectivity index (χ3n) is 2.91. The van der Waals surface area contributed by atoms with Crippen LogP contribution in [0.5, 0.6) is 0 Å². The van der Waals surface area contributed by atoms with Gasteiger partial charge in [0.15, 0.2) is 5.78 Å². The van der Waals surface area contributed by atoms with E-state index in [0.29, 0.717) is 6.61 Å². The molecule has 0 bridgehead atoms. The average molecular weight is 248 g/mol. The van der Waals surface area contributed by atoms with E-state index in [1.165, 1.54) is 5.56 Å². The Morgan fingerprint density at radius 2 is 1.78 bits per heavy atom. The van der Waals surface area contributed by atoms with Crippen LogP contribution in [-0.2, 0) is 11.2 Å². The fourth-order valence-electron chi connectivity index (χ4n) is 1.55. The minimum atomic E-state index is 0.0616. The molecular weight excluding hydrogens is 224 g/mol. The molecule has 0 unspecified atom stereocenters. The van der Waals surface area contributed by atoms with Crippen LogP contribution in [0.4, 0.5) is 0 Å².